The molecule has 0 amide bonds. The molecule has 1 aromatic heterocycles. The molecule has 19 heavy (non-hydrogen) atoms. The number of rotatable bonds is 5. The Morgan fingerprint density at radius 2 is 2.05 bits per heavy atom. The second-order valence-corrected chi connectivity index (χ2v) is 4.11. The summed E-state index contributed by atoms with van der Waals surface area (Å²) in [5.41, 5.74) is 7.45. The first-order chi connectivity index (χ1) is 9.22. The molecule has 1 heterocycles. The largest absolute Gasteiger partial charge is 0.399 e. The van der Waals surface area contributed by atoms with Crippen LogP contribution in [0.2, 0.25) is 0 Å². The minimum absolute atomic E-state index is 0.490. The van der Waals surface area contributed by atoms with Crippen molar-refractivity contribution in [3.8, 4) is 0 Å². The molecule has 0 fully saturated rings. The fraction of sp³-hybridized carbons (Fsp3) is 0.286. The molecule has 0 atom stereocenters. The van der Waals surface area contributed by atoms with Crippen molar-refractivity contribution in [2.75, 3.05) is 23.7 Å². The van der Waals surface area contributed by atoms with Gasteiger partial charge in [0.2, 0.25) is 0 Å². The molecular weight excluding hydrogens is 240 g/mol. The summed E-state index contributed by atoms with van der Waals surface area (Å²) in [5, 5.41) is 3.95. The summed E-state index contributed by atoms with van der Waals surface area (Å²) < 4.78 is 5.18. The molecule has 0 saturated heterocycles. The van der Waals surface area contributed by atoms with Gasteiger partial charge in [-0.2, -0.15) is 4.98 Å². The number of nitrogen functional groups attached to an aromatic ring is 1. The quantitative estimate of drug-likeness (QED) is 0.835. The van der Waals surface area contributed by atoms with Crippen LogP contribution >= 0.6 is 0 Å². The minimum atomic E-state index is 0.490. The lowest BCUT2D eigenvalue weighted by molar-refractivity contribution is 0.409. The maximum absolute atomic E-state index is 5.72. The third-order valence-corrected chi connectivity index (χ3v) is 2.81. The standard InChI is InChI=1S/C14H18N4O/c1-3-18(4-2)14-16-13(19-17-14)9-8-11-6-5-7-12(15)10-11/h5-10H,3-4,15H2,1-2H3/b9-8+. The van der Waals surface area contributed by atoms with E-state index in [1.54, 1.807) is 6.08 Å². The van der Waals surface area contributed by atoms with Crippen LogP contribution in [0.5, 0.6) is 0 Å². The Labute approximate surface area is 112 Å². The lowest BCUT2D eigenvalue weighted by Crippen LogP contribution is -2.22. The molecule has 100 valence electrons. The topological polar surface area (TPSA) is 68.2 Å². The van der Waals surface area contributed by atoms with Crippen molar-refractivity contribution < 1.29 is 4.52 Å². The molecule has 2 rings (SSSR count). The first kappa shape index (κ1) is 13.1. The van der Waals surface area contributed by atoms with Gasteiger partial charge in [-0.05, 0) is 42.8 Å². The maximum atomic E-state index is 5.72. The zero-order valence-electron chi connectivity index (χ0n) is 11.2. The molecule has 0 aliphatic rings. The molecule has 0 saturated carbocycles. The molecule has 0 aliphatic heterocycles. The molecule has 0 unspecified atom stereocenters. The van der Waals surface area contributed by atoms with E-state index in [1.807, 2.05) is 35.2 Å². The molecule has 5 nitrogen and oxygen atoms in total. The van der Waals surface area contributed by atoms with Gasteiger partial charge in [0.1, 0.15) is 0 Å². The summed E-state index contributed by atoms with van der Waals surface area (Å²) in [6.45, 7) is 5.83. The van der Waals surface area contributed by atoms with Crippen molar-refractivity contribution in [3.63, 3.8) is 0 Å². The molecule has 0 spiro atoms. The van der Waals surface area contributed by atoms with Crippen LogP contribution in [0.15, 0.2) is 28.8 Å². The van der Waals surface area contributed by atoms with Crippen LogP contribution in [-0.4, -0.2) is 23.2 Å². The highest BCUT2D eigenvalue weighted by molar-refractivity contribution is 5.68. The van der Waals surface area contributed by atoms with Crippen molar-refractivity contribution >= 4 is 23.8 Å². The lowest BCUT2D eigenvalue weighted by Gasteiger charge is -2.14. The number of hydrogen-bond acceptors (Lipinski definition) is 5. The van der Waals surface area contributed by atoms with Crippen LogP contribution in [0.3, 0.4) is 0 Å². The zero-order chi connectivity index (χ0) is 13.7. The Morgan fingerprint density at radius 1 is 1.26 bits per heavy atom. The summed E-state index contributed by atoms with van der Waals surface area (Å²) in [4.78, 5) is 6.35. The van der Waals surface area contributed by atoms with Crippen LogP contribution in [0.4, 0.5) is 11.6 Å². The summed E-state index contributed by atoms with van der Waals surface area (Å²) >= 11 is 0. The van der Waals surface area contributed by atoms with E-state index in [4.69, 9.17) is 10.3 Å². The second-order valence-electron chi connectivity index (χ2n) is 4.11. The molecule has 0 radical (unpaired) electrons. The maximum Gasteiger partial charge on any atom is 0.266 e. The number of benzene rings is 1. The average Bonchev–Trinajstić information content (AvgIpc) is 2.87. The number of hydrogen-bond donors (Lipinski definition) is 1. The van der Waals surface area contributed by atoms with E-state index in [1.165, 1.54) is 0 Å². The van der Waals surface area contributed by atoms with Crippen molar-refractivity contribution in [1.29, 1.82) is 0 Å². The minimum Gasteiger partial charge on any atom is -0.399 e. The Bertz CT molecular complexity index is 558. The Morgan fingerprint density at radius 3 is 2.74 bits per heavy atom. The van der Waals surface area contributed by atoms with Crippen LogP contribution in [0, 0.1) is 0 Å². The van der Waals surface area contributed by atoms with E-state index >= 15 is 0 Å². The van der Waals surface area contributed by atoms with Gasteiger partial charge >= 0.3 is 0 Å². The van der Waals surface area contributed by atoms with Crippen LogP contribution in [0.25, 0.3) is 12.2 Å². The Hall–Kier alpha value is -2.30. The molecule has 5 heteroatoms. The van der Waals surface area contributed by atoms with E-state index < -0.39 is 0 Å². The molecule has 0 bridgehead atoms. The normalized spacial score (nSPS) is 11.1. The lowest BCUT2D eigenvalue weighted by atomic mass is 10.2. The first-order valence-corrected chi connectivity index (χ1v) is 6.35. The monoisotopic (exact) mass is 258 g/mol. The van der Waals surface area contributed by atoms with E-state index in [9.17, 15) is 0 Å². The predicted molar refractivity (Wildman–Crippen MR) is 77.6 cm³/mol. The van der Waals surface area contributed by atoms with Crippen molar-refractivity contribution in [3.05, 3.63) is 35.7 Å². The summed E-state index contributed by atoms with van der Waals surface area (Å²) in [7, 11) is 0. The number of nitrogens with zero attached hydrogens (tertiary/aromatic N) is 3. The van der Waals surface area contributed by atoms with Crippen LogP contribution in [0.1, 0.15) is 25.3 Å². The van der Waals surface area contributed by atoms with Crippen LogP contribution < -0.4 is 10.6 Å². The second kappa shape index (κ2) is 6.04. The Kier molecular flexibility index (Phi) is 4.18. The molecule has 2 aromatic rings. The molecule has 1 aromatic carbocycles. The van der Waals surface area contributed by atoms with E-state index in [0.717, 1.165) is 24.3 Å². The van der Waals surface area contributed by atoms with Gasteiger partial charge in [0.15, 0.2) is 0 Å². The van der Waals surface area contributed by atoms with E-state index in [2.05, 4.69) is 24.0 Å². The molecule has 0 aliphatic carbocycles. The average molecular weight is 258 g/mol. The first-order valence-electron chi connectivity index (χ1n) is 6.35. The summed E-state index contributed by atoms with van der Waals surface area (Å²) in [6.07, 6.45) is 3.69. The van der Waals surface area contributed by atoms with Gasteiger partial charge in [0.25, 0.3) is 11.8 Å². The van der Waals surface area contributed by atoms with E-state index in [-0.39, 0.29) is 0 Å². The highest BCUT2D eigenvalue weighted by Crippen LogP contribution is 2.13. The number of nitrogens with two attached hydrogens (primary N) is 1. The van der Waals surface area contributed by atoms with Crippen molar-refractivity contribution in [1.82, 2.24) is 10.1 Å². The third kappa shape index (κ3) is 3.34. The van der Waals surface area contributed by atoms with Gasteiger partial charge < -0.3 is 15.2 Å². The van der Waals surface area contributed by atoms with Crippen LogP contribution in [-0.2, 0) is 0 Å². The Balaban J connectivity index is 2.11. The van der Waals surface area contributed by atoms with Crippen molar-refractivity contribution in [2.24, 2.45) is 0 Å². The highest BCUT2D eigenvalue weighted by atomic mass is 16.5. The fourth-order valence-corrected chi connectivity index (χ4v) is 1.76. The predicted octanol–water partition coefficient (Wildman–Crippen LogP) is 2.67. The van der Waals surface area contributed by atoms with Crippen molar-refractivity contribution in [2.45, 2.75) is 13.8 Å². The van der Waals surface area contributed by atoms with Gasteiger partial charge in [-0.3, -0.25) is 0 Å². The SMILES string of the molecule is CCN(CC)c1noc(/C=C/c2cccc(N)c2)n1. The molecular formula is C14H18N4O. The van der Waals surface area contributed by atoms with Gasteiger partial charge in [-0.25, -0.2) is 0 Å². The molecule has 2 N–H and O–H groups in total. The van der Waals surface area contributed by atoms with Gasteiger partial charge in [0.05, 0.1) is 0 Å². The smallest absolute Gasteiger partial charge is 0.266 e. The number of anilines is 2. The third-order valence-electron chi connectivity index (χ3n) is 2.81. The highest BCUT2D eigenvalue weighted by Gasteiger charge is 2.08. The number of aromatic nitrogens is 2. The summed E-state index contributed by atoms with van der Waals surface area (Å²) in [5.74, 6) is 1.11. The summed E-state index contributed by atoms with van der Waals surface area (Å²) in [6, 6.07) is 7.61. The van der Waals surface area contributed by atoms with Gasteiger partial charge in [0, 0.05) is 24.9 Å². The van der Waals surface area contributed by atoms with E-state index in [0.29, 0.717) is 11.8 Å². The fourth-order valence-electron chi connectivity index (χ4n) is 1.76. The van der Waals surface area contributed by atoms with Gasteiger partial charge in [-0.15, -0.1) is 0 Å². The zero-order valence-corrected chi connectivity index (χ0v) is 11.2. The van der Waals surface area contributed by atoms with Gasteiger partial charge in [-0.1, -0.05) is 12.1 Å².